The van der Waals surface area contributed by atoms with Gasteiger partial charge in [0.25, 0.3) is 5.91 Å². The molecule has 2 bridgehead atoms. The minimum absolute atomic E-state index is 0.0676. The van der Waals surface area contributed by atoms with E-state index < -0.39 is 17.6 Å². The number of hydrogen-bond acceptors (Lipinski definition) is 5. The van der Waals surface area contributed by atoms with Crippen molar-refractivity contribution in [1.82, 2.24) is 5.32 Å². The van der Waals surface area contributed by atoms with Crippen LogP contribution in [0.5, 0.6) is 0 Å². The quantitative estimate of drug-likeness (QED) is 0.729. The molecule has 7 heteroatoms. The van der Waals surface area contributed by atoms with E-state index in [-0.39, 0.29) is 24.7 Å². The maximum absolute atomic E-state index is 14.7. The maximum atomic E-state index is 14.7. The molecule has 5 nitrogen and oxygen atoms in total. The van der Waals surface area contributed by atoms with E-state index in [1.54, 1.807) is 23.6 Å². The Morgan fingerprint density at radius 3 is 2.72 bits per heavy atom. The van der Waals surface area contributed by atoms with Crippen molar-refractivity contribution in [1.29, 1.82) is 5.26 Å². The highest BCUT2D eigenvalue weighted by molar-refractivity contribution is 7.12. The number of benzene rings is 1. The highest BCUT2D eigenvalue weighted by atomic mass is 32.1. The van der Waals surface area contributed by atoms with Gasteiger partial charge < -0.3 is 11.1 Å². The second kappa shape index (κ2) is 8.05. The fourth-order valence-corrected chi connectivity index (χ4v) is 5.29. The molecule has 150 valence electrons. The lowest BCUT2D eigenvalue weighted by atomic mass is 9.88. The van der Waals surface area contributed by atoms with Crippen LogP contribution in [0.3, 0.4) is 0 Å². The molecule has 2 aromatic rings. The van der Waals surface area contributed by atoms with Crippen LogP contribution in [0.25, 0.3) is 11.1 Å². The molecule has 1 saturated heterocycles. The van der Waals surface area contributed by atoms with E-state index >= 15 is 0 Å². The maximum Gasteiger partial charge on any atom is 0.258 e. The Bertz CT molecular complexity index is 996. The molecule has 0 unspecified atom stereocenters. The number of ketones is 1. The molecule has 1 amide bonds. The van der Waals surface area contributed by atoms with Gasteiger partial charge in [-0.3, -0.25) is 9.59 Å². The van der Waals surface area contributed by atoms with Gasteiger partial charge in [0.1, 0.15) is 5.82 Å². The van der Waals surface area contributed by atoms with Gasteiger partial charge in [-0.2, -0.15) is 5.26 Å². The van der Waals surface area contributed by atoms with Crippen LogP contribution in [-0.4, -0.2) is 23.8 Å². The van der Waals surface area contributed by atoms with E-state index in [4.69, 9.17) is 5.73 Å². The molecule has 1 saturated carbocycles. The predicted octanol–water partition coefficient (Wildman–Crippen LogP) is 3.44. The van der Waals surface area contributed by atoms with Gasteiger partial charge in [0, 0.05) is 12.5 Å². The standard InChI is InChI=1S/C22H22FN3O2S/c23-18-8-13(16-9-20(22(25)28)29-11-16)1-2-14(18)5-12(10-24)6-19(27)21-15-3-4-17(7-15)26-21/h1-2,8-9,11-12,15,17,21,26H,3-7H2,(H2,25,28)/t12-,15+,17-,21+/m1/s1. The summed E-state index contributed by atoms with van der Waals surface area (Å²) in [4.78, 5) is 24.3. The number of carbonyl (C=O) groups excluding carboxylic acids is 2. The second-order valence-electron chi connectivity index (χ2n) is 7.99. The molecule has 29 heavy (non-hydrogen) atoms. The van der Waals surface area contributed by atoms with Gasteiger partial charge in [0.2, 0.25) is 0 Å². The number of carbonyl (C=O) groups is 2. The molecule has 2 aliphatic rings. The molecule has 4 atom stereocenters. The number of nitrogens with one attached hydrogen (secondary N) is 1. The van der Waals surface area contributed by atoms with E-state index in [9.17, 15) is 19.2 Å². The normalized spacial score (nSPS) is 23.7. The van der Waals surface area contributed by atoms with Gasteiger partial charge in [0.15, 0.2) is 5.78 Å². The number of rotatable bonds is 7. The summed E-state index contributed by atoms with van der Waals surface area (Å²) in [5.74, 6) is -1.02. The summed E-state index contributed by atoms with van der Waals surface area (Å²) < 4.78 is 14.7. The Kier molecular flexibility index (Phi) is 5.48. The number of nitrogens with zero attached hydrogens (tertiary/aromatic N) is 1. The molecule has 1 aliphatic heterocycles. The van der Waals surface area contributed by atoms with Crippen LogP contribution in [0.1, 0.15) is 40.9 Å². The SMILES string of the molecule is N#C[C@@H](CC(=O)[C@H]1N[C@@H]2CC[C@H]1C2)Cc1ccc(-c2csc(C(N)=O)c2)cc1F. The summed E-state index contributed by atoms with van der Waals surface area (Å²) in [6, 6.07) is 8.92. The number of halogens is 1. The number of Topliss-reactive ketones (excluding diaryl/α,β-unsaturated/α-hetero) is 1. The number of hydrogen-bond donors (Lipinski definition) is 2. The number of piperidine rings is 1. The summed E-state index contributed by atoms with van der Waals surface area (Å²) in [5, 5.41) is 14.6. The van der Waals surface area contributed by atoms with E-state index in [1.165, 1.54) is 17.4 Å². The monoisotopic (exact) mass is 411 g/mol. The van der Waals surface area contributed by atoms with Crippen LogP contribution in [-0.2, 0) is 11.2 Å². The number of fused-ring (bicyclic) bond motifs is 2. The summed E-state index contributed by atoms with van der Waals surface area (Å²) in [5.41, 5.74) is 7.05. The first-order chi connectivity index (χ1) is 13.9. The van der Waals surface area contributed by atoms with Gasteiger partial charge in [-0.05, 0) is 65.8 Å². The zero-order valence-corrected chi connectivity index (χ0v) is 16.7. The number of amides is 1. The van der Waals surface area contributed by atoms with Crippen molar-refractivity contribution in [2.75, 3.05) is 0 Å². The third kappa shape index (κ3) is 4.09. The topological polar surface area (TPSA) is 96.0 Å². The highest BCUT2D eigenvalue weighted by Crippen LogP contribution is 2.36. The van der Waals surface area contributed by atoms with Crippen LogP contribution in [0.15, 0.2) is 29.6 Å². The minimum Gasteiger partial charge on any atom is -0.365 e. The number of thiophene rings is 1. The first-order valence-corrected chi connectivity index (χ1v) is 10.7. The first-order valence-electron chi connectivity index (χ1n) is 9.80. The number of primary amides is 1. The Morgan fingerprint density at radius 1 is 1.31 bits per heavy atom. The van der Waals surface area contributed by atoms with Crippen molar-refractivity contribution >= 4 is 23.0 Å². The van der Waals surface area contributed by atoms with Crippen LogP contribution in [0, 0.1) is 29.0 Å². The Morgan fingerprint density at radius 2 is 2.14 bits per heavy atom. The highest BCUT2D eigenvalue weighted by Gasteiger charge is 2.42. The Balaban J connectivity index is 1.43. The smallest absolute Gasteiger partial charge is 0.258 e. The van der Waals surface area contributed by atoms with Gasteiger partial charge >= 0.3 is 0 Å². The Labute approximate surface area is 172 Å². The molecule has 3 N–H and O–H groups in total. The van der Waals surface area contributed by atoms with E-state index in [2.05, 4.69) is 11.4 Å². The third-order valence-corrected chi connectivity index (χ3v) is 6.98. The van der Waals surface area contributed by atoms with Crippen LogP contribution >= 0.6 is 11.3 Å². The van der Waals surface area contributed by atoms with E-state index in [0.717, 1.165) is 24.8 Å². The molecular weight excluding hydrogens is 389 g/mol. The van der Waals surface area contributed by atoms with Crippen molar-refractivity contribution in [3.8, 4) is 17.2 Å². The lowest BCUT2D eigenvalue weighted by Crippen LogP contribution is -2.42. The zero-order valence-electron chi connectivity index (χ0n) is 15.9. The average Bonchev–Trinajstić information content (AvgIpc) is 3.45. The van der Waals surface area contributed by atoms with Crippen molar-refractivity contribution in [3.63, 3.8) is 0 Å². The molecular formula is C22H22FN3O2S. The van der Waals surface area contributed by atoms with Crippen LogP contribution in [0.4, 0.5) is 4.39 Å². The molecule has 1 aromatic carbocycles. The van der Waals surface area contributed by atoms with Gasteiger partial charge in [0.05, 0.1) is 22.9 Å². The minimum atomic E-state index is -0.550. The number of nitriles is 1. The van der Waals surface area contributed by atoms with Gasteiger partial charge in [-0.1, -0.05) is 12.1 Å². The summed E-state index contributed by atoms with van der Waals surface area (Å²) in [7, 11) is 0. The molecule has 1 aliphatic carbocycles. The fraction of sp³-hybridized carbons (Fsp3) is 0.409. The van der Waals surface area contributed by atoms with Crippen molar-refractivity contribution in [3.05, 3.63) is 45.9 Å². The summed E-state index contributed by atoms with van der Waals surface area (Å²) >= 11 is 1.22. The lowest BCUT2D eigenvalue weighted by Gasteiger charge is -2.22. The summed E-state index contributed by atoms with van der Waals surface area (Å²) in [6.07, 6.45) is 3.58. The van der Waals surface area contributed by atoms with E-state index in [0.29, 0.717) is 28.0 Å². The molecule has 2 fully saturated rings. The van der Waals surface area contributed by atoms with Crippen LogP contribution < -0.4 is 11.1 Å². The van der Waals surface area contributed by atoms with Crippen molar-refractivity contribution < 1.29 is 14.0 Å². The van der Waals surface area contributed by atoms with E-state index in [1.807, 2.05) is 0 Å². The zero-order chi connectivity index (χ0) is 20.5. The fourth-order valence-electron chi connectivity index (χ4n) is 4.52. The average molecular weight is 412 g/mol. The first kappa shape index (κ1) is 19.7. The largest absolute Gasteiger partial charge is 0.365 e. The van der Waals surface area contributed by atoms with Crippen molar-refractivity contribution in [2.24, 2.45) is 17.6 Å². The molecule has 4 rings (SSSR count). The molecule has 0 spiro atoms. The lowest BCUT2D eigenvalue weighted by molar-refractivity contribution is -0.122. The van der Waals surface area contributed by atoms with Gasteiger partial charge in [-0.15, -0.1) is 11.3 Å². The molecule has 2 heterocycles. The predicted molar refractivity (Wildman–Crippen MR) is 109 cm³/mol. The van der Waals surface area contributed by atoms with Gasteiger partial charge in [-0.25, -0.2) is 4.39 Å². The summed E-state index contributed by atoms with van der Waals surface area (Å²) in [6.45, 7) is 0. The Hall–Kier alpha value is -2.56. The number of nitrogens with two attached hydrogens (primary N) is 1. The van der Waals surface area contributed by atoms with Crippen LogP contribution in [0.2, 0.25) is 0 Å². The second-order valence-corrected chi connectivity index (χ2v) is 8.90. The third-order valence-electron chi connectivity index (χ3n) is 6.03. The molecule has 0 radical (unpaired) electrons. The molecule has 1 aromatic heterocycles. The van der Waals surface area contributed by atoms with Crippen molar-refractivity contribution in [2.45, 2.75) is 44.2 Å².